The van der Waals surface area contributed by atoms with Crippen molar-refractivity contribution in [3.05, 3.63) is 56.7 Å². The summed E-state index contributed by atoms with van der Waals surface area (Å²) < 4.78 is 12.0. The molecule has 0 spiro atoms. The Hall–Kier alpha value is -3.41. The number of halogens is 1. The molecule has 32 heavy (non-hydrogen) atoms. The summed E-state index contributed by atoms with van der Waals surface area (Å²) in [4.78, 5) is 47.4. The van der Waals surface area contributed by atoms with Crippen LogP contribution in [0.25, 0.3) is 6.08 Å². The van der Waals surface area contributed by atoms with Crippen molar-refractivity contribution in [1.29, 1.82) is 0 Å². The van der Waals surface area contributed by atoms with Crippen LogP contribution in [-0.4, -0.2) is 37.0 Å². The van der Waals surface area contributed by atoms with Crippen molar-refractivity contribution < 1.29 is 28.7 Å². The number of imide groups is 2. The molecule has 1 aliphatic rings. The first-order valence-electron chi connectivity index (χ1n) is 9.61. The molecule has 0 saturated carbocycles. The summed E-state index contributed by atoms with van der Waals surface area (Å²) in [5.41, 5.74) is 2.02. The van der Waals surface area contributed by atoms with E-state index in [1.807, 2.05) is 52.3 Å². The summed E-state index contributed by atoms with van der Waals surface area (Å²) in [7, 11) is 0. The predicted octanol–water partition coefficient (Wildman–Crippen LogP) is 2.77. The zero-order valence-electron chi connectivity index (χ0n) is 17.3. The maximum atomic E-state index is 12.3. The first kappa shape index (κ1) is 23.3. The fourth-order valence-electron chi connectivity index (χ4n) is 2.82. The monoisotopic (exact) mass is 549 g/mol. The number of nitrogens with one attached hydrogen (secondary N) is 3. The highest BCUT2D eigenvalue weighted by atomic mass is 127. The van der Waals surface area contributed by atoms with Gasteiger partial charge in [-0.2, -0.15) is 0 Å². The Labute approximate surface area is 197 Å². The topological polar surface area (TPSA) is 123 Å². The molecule has 9 nitrogen and oxygen atoms in total. The number of anilines is 1. The second-order valence-corrected chi connectivity index (χ2v) is 7.92. The molecule has 1 saturated heterocycles. The lowest BCUT2D eigenvalue weighted by Crippen LogP contribution is -2.51. The van der Waals surface area contributed by atoms with E-state index < -0.39 is 17.8 Å². The first-order chi connectivity index (χ1) is 15.3. The minimum absolute atomic E-state index is 0.214. The SMILES string of the molecule is CCOc1cc(C=C2C(=O)NC(=O)NC2=O)cc(I)c1OCC(=O)Nc1ccc(C)cc1. The number of ether oxygens (including phenoxy) is 2. The lowest BCUT2D eigenvalue weighted by atomic mass is 10.1. The third kappa shape index (κ3) is 5.84. The van der Waals surface area contributed by atoms with E-state index >= 15 is 0 Å². The van der Waals surface area contributed by atoms with Crippen molar-refractivity contribution in [2.24, 2.45) is 0 Å². The highest BCUT2D eigenvalue weighted by Gasteiger charge is 2.28. The van der Waals surface area contributed by atoms with E-state index in [4.69, 9.17) is 9.47 Å². The summed E-state index contributed by atoms with van der Waals surface area (Å²) in [6, 6.07) is 9.77. The largest absolute Gasteiger partial charge is 0.490 e. The molecule has 2 aromatic rings. The minimum Gasteiger partial charge on any atom is -0.490 e. The van der Waals surface area contributed by atoms with E-state index in [0.717, 1.165) is 5.56 Å². The van der Waals surface area contributed by atoms with Crippen LogP contribution in [0, 0.1) is 10.5 Å². The van der Waals surface area contributed by atoms with Crippen molar-refractivity contribution >= 4 is 58.1 Å². The predicted molar refractivity (Wildman–Crippen MR) is 125 cm³/mol. The number of carbonyl (C=O) groups excluding carboxylic acids is 4. The molecule has 0 radical (unpaired) electrons. The van der Waals surface area contributed by atoms with Crippen molar-refractivity contribution in [2.75, 3.05) is 18.5 Å². The average Bonchev–Trinajstić information content (AvgIpc) is 2.72. The maximum Gasteiger partial charge on any atom is 0.328 e. The van der Waals surface area contributed by atoms with Crippen LogP contribution in [0.4, 0.5) is 10.5 Å². The average molecular weight is 549 g/mol. The van der Waals surface area contributed by atoms with Gasteiger partial charge in [0.15, 0.2) is 18.1 Å². The lowest BCUT2D eigenvalue weighted by Gasteiger charge is -2.16. The van der Waals surface area contributed by atoms with Crippen molar-refractivity contribution in [2.45, 2.75) is 13.8 Å². The fourth-order valence-corrected chi connectivity index (χ4v) is 3.60. The van der Waals surface area contributed by atoms with E-state index in [-0.39, 0.29) is 18.1 Å². The van der Waals surface area contributed by atoms with Gasteiger partial charge in [0.05, 0.1) is 10.2 Å². The van der Waals surface area contributed by atoms with E-state index in [0.29, 0.717) is 32.9 Å². The van der Waals surface area contributed by atoms with E-state index in [1.165, 1.54) is 6.08 Å². The molecule has 1 fully saturated rings. The van der Waals surface area contributed by atoms with Crippen LogP contribution in [0.3, 0.4) is 0 Å². The second kappa shape index (κ2) is 10.3. The quantitative estimate of drug-likeness (QED) is 0.278. The summed E-state index contributed by atoms with van der Waals surface area (Å²) in [5.74, 6) is -1.21. The van der Waals surface area contributed by atoms with E-state index in [9.17, 15) is 19.2 Å². The molecule has 0 atom stereocenters. The van der Waals surface area contributed by atoms with Gasteiger partial charge in [0.25, 0.3) is 17.7 Å². The van der Waals surface area contributed by atoms with Gasteiger partial charge in [0.1, 0.15) is 5.57 Å². The number of aryl methyl sites for hydroxylation is 1. The standard InChI is InChI=1S/C22H20IN3O6/c1-3-31-17-10-13(8-15-20(28)25-22(30)26-21(15)29)9-16(23)19(17)32-11-18(27)24-14-6-4-12(2)5-7-14/h4-10H,3,11H2,1-2H3,(H,24,27)(H2,25,26,28,29,30). The molecule has 5 amide bonds. The van der Waals surface area contributed by atoms with Gasteiger partial charge in [0, 0.05) is 5.69 Å². The summed E-state index contributed by atoms with van der Waals surface area (Å²) in [6.45, 7) is 3.84. The zero-order chi connectivity index (χ0) is 23.3. The lowest BCUT2D eigenvalue weighted by molar-refractivity contribution is -0.124. The Morgan fingerprint density at radius 1 is 1.06 bits per heavy atom. The van der Waals surface area contributed by atoms with Crippen LogP contribution in [0.2, 0.25) is 0 Å². The highest BCUT2D eigenvalue weighted by Crippen LogP contribution is 2.35. The molecule has 3 rings (SSSR count). The number of hydrogen-bond acceptors (Lipinski definition) is 6. The Morgan fingerprint density at radius 2 is 1.72 bits per heavy atom. The summed E-state index contributed by atoms with van der Waals surface area (Å²) in [5, 5.41) is 6.80. The number of benzene rings is 2. The van der Waals surface area contributed by atoms with Crippen LogP contribution >= 0.6 is 22.6 Å². The van der Waals surface area contributed by atoms with Crippen LogP contribution < -0.4 is 25.4 Å². The molecule has 10 heteroatoms. The molecule has 166 valence electrons. The van der Waals surface area contributed by atoms with Crippen molar-refractivity contribution in [3.63, 3.8) is 0 Å². The van der Waals surface area contributed by atoms with E-state index in [1.54, 1.807) is 31.2 Å². The van der Waals surface area contributed by atoms with Crippen LogP contribution in [0.5, 0.6) is 11.5 Å². The normalized spacial score (nSPS) is 13.2. The Kier molecular flexibility index (Phi) is 7.46. The Morgan fingerprint density at radius 3 is 2.34 bits per heavy atom. The number of urea groups is 1. The van der Waals surface area contributed by atoms with Gasteiger partial charge in [-0.25, -0.2) is 4.79 Å². The molecule has 0 bridgehead atoms. The first-order valence-corrected chi connectivity index (χ1v) is 10.7. The third-order valence-electron chi connectivity index (χ3n) is 4.27. The molecule has 0 unspecified atom stereocenters. The second-order valence-electron chi connectivity index (χ2n) is 6.76. The van der Waals surface area contributed by atoms with Crippen LogP contribution in [-0.2, 0) is 14.4 Å². The van der Waals surface area contributed by atoms with Crippen molar-refractivity contribution in [1.82, 2.24) is 10.6 Å². The van der Waals surface area contributed by atoms with Gasteiger partial charge < -0.3 is 14.8 Å². The Balaban J connectivity index is 1.78. The van der Waals surface area contributed by atoms with Gasteiger partial charge in [-0.1, -0.05) is 17.7 Å². The minimum atomic E-state index is -0.866. The molecule has 1 aliphatic heterocycles. The van der Waals surface area contributed by atoms with Gasteiger partial charge in [-0.3, -0.25) is 25.0 Å². The molecule has 0 aliphatic carbocycles. The summed E-state index contributed by atoms with van der Waals surface area (Å²) in [6.07, 6.45) is 1.34. The smallest absolute Gasteiger partial charge is 0.328 e. The number of carbonyl (C=O) groups is 4. The molecule has 2 aromatic carbocycles. The Bertz CT molecular complexity index is 1090. The maximum absolute atomic E-state index is 12.3. The van der Waals surface area contributed by atoms with Crippen LogP contribution in [0.15, 0.2) is 42.0 Å². The summed E-state index contributed by atoms with van der Waals surface area (Å²) >= 11 is 2.01. The van der Waals surface area contributed by atoms with E-state index in [2.05, 4.69) is 5.32 Å². The van der Waals surface area contributed by atoms with Gasteiger partial charge in [0.2, 0.25) is 0 Å². The number of hydrogen-bond donors (Lipinski definition) is 3. The van der Waals surface area contributed by atoms with Crippen LogP contribution in [0.1, 0.15) is 18.1 Å². The molecular weight excluding hydrogens is 529 g/mol. The third-order valence-corrected chi connectivity index (χ3v) is 5.07. The molecule has 3 N–H and O–H groups in total. The molecular formula is C22H20IN3O6. The fraction of sp³-hybridized carbons (Fsp3) is 0.182. The van der Waals surface area contributed by atoms with Gasteiger partial charge >= 0.3 is 6.03 Å². The number of rotatable bonds is 7. The highest BCUT2D eigenvalue weighted by molar-refractivity contribution is 14.1. The van der Waals surface area contributed by atoms with Crippen molar-refractivity contribution in [3.8, 4) is 11.5 Å². The van der Waals surface area contributed by atoms with Gasteiger partial charge in [-0.05, 0) is 72.3 Å². The zero-order valence-corrected chi connectivity index (χ0v) is 19.4. The number of amides is 5. The molecule has 1 heterocycles. The number of barbiturate groups is 1. The van der Waals surface area contributed by atoms with Gasteiger partial charge in [-0.15, -0.1) is 0 Å². The molecule has 0 aromatic heterocycles.